The minimum absolute atomic E-state index is 0.150. The highest BCUT2D eigenvalue weighted by Gasteiger charge is 2.35. The highest BCUT2D eigenvalue weighted by molar-refractivity contribution is 6.59. The molecule has 1 N–H and O–H groups in total. The molecule has 0 bridgehead atoms. The molecule has 1 aromatic rings. The maximum absolute atomic E-state index is 6.04. The molecule has 1 unspecified atom stereocenters. The van der Waals surface area contributed by atoms with E-state index in [2.05, 4.69) is 24.4 Å². The van der Waals surface area contributed by atoms with Crippen LogP contribution in [0.5, 0.6) is 0 Å². The molecule has 0 saturated carbocycles. The van der Waals surface area contributed by atoms with E-state index in [-0.39, 0.29) is 6.10 Å². The average molecular weight is 311 g/mol. The molecule has 0 aliphatic carbocycles. The van der Waals surface area contributed by atoms with E-state index in [1.165, 1.54) is 0 Å². The lowest BCUT2D eigenvalue weighted by molar-refractivity contribution is 0.0412. The Balaban J connectivity index is 2.24. The molecule has 1 aromatic carbocycles. The van der Waals surface area contributed by atoms with Gasteiger partial charge in [0, 0.05) is 38.1 Å². The van der Waals surface area contributed by atoms with Crippen LogP contribution in [0.25, 0.3) is 0 Å². The van der Waals surface area contributed by atoms with Gasteiger partial charge >= 0.3 is 8.80 Å². The molecule has 4 nitrogen and oxygen atoms in total. The molecular weight excluding hydrogens is 282 g/mol. The van der Waals surface area contributed by atoms with E-state index in [1.807, 2.05) is 38.6 Å². The summed E-state index contributed by atoms with van der Waals surface area (Å²) in [5.74, 6) is 0. The third kappa shape index (κ3) is 7.62. The summed E-state index contributed by atoms with van der Waals surface area (Å²) in [6, 6.07) is 10.3. The predicted octanol–water partition coefficient (Wildman–Crippen LogP) is 3.93. The number of hydrogen-bond acceptors (Lipinski definition) is 4. The van der Waals surface area contributed by atoms with Crippen molar-refractivity contribution in [1.29, 1.82) is 0 Å². The van der Waals surface area contributed by atoms with E-state index >= 15 is 0 Å². The average Bonchev–Trinajstić information content (AvgIpc) is 2.45. The first-order valence-corrected chi connectivity index (χ1v) is 10.1. The second kappa shape index (κ2) is 9.95. The van der Waals surface area contributed by atoms with Crippen LogP contribution in [0.1, 0.15) is 33.6 Å². The zero-order valence-corrected chi connectivity index (χ0v) is 14.7. The van der Waals surface area contributed by atoms with Gasteiger partial charge in [-0.2, -0.15) is 0 Å². The maximum atomic E-state index is 6.04. The molecule has 0 amide bonds. The van der Waals surface area contributed by atoms with Gasteiger partial charge in [0.25, 0.3) is 0 Å². The summed E-state index contributed by atoms with van der Waals surface area (Å²) in [7, 11) is -2.46. The molecule has 1 rings (SSSR count). The fraction of sp³-hybridized carbons (Fsp3) is 0.625. The second-order valence-electron chi connectivity index (χ2n) is 5.09. The number of benzene rings is 1. The SMILES string of the molecule is CCO[Si](C)(OCC)OC(C)CCCNc1ccccc1. The van der Waals surface area contributed by atoms with Gasteiger partial charge in [-0.05, 0) is 45.7 Å². The van der Waals surface area contributed by atoms with E-state index < -0.39 is 8.80 Å². The topological polar surface area (TPSA) is 39.7 Å². The molecule has 0 heterocycles. The molecule has 0 aromatic heterocycles. The van der Waals surface area contributed by atoms with Gasteiger partial charge in [0.1, 0.15) is 0 Å². The molecule has 1 atom stereocenters. The van der Waals surface area contributed by atoms with Crippen LogP contribution in [0.4, 0.5) is 5.69 Å². The van der Waals surface area contributed by atoms with Crippen LogP contribution >= 0.6 is 0 Å². The summed E-state index contributed by atoms with van der Waals surface area (Å²) in [6.45, 7) is 10.2. The third-order valence-electron chi connectivity index (χ3n) is 3.12. The summed E-state index contributed by atoms with van der Waals surface area (Å²) in [4.78, 5) is 0. The lowest BCUT2D eigenvalue weighted by atomic mass is 10.2. The number of para-hydroxylation sites is 1. The van der Waals surface area contributed by atoms with Gasteiger partial charge in [-0.1, -0.05) is 18.2 Å². The molecule has 0 radical (unpaired) electrons. The third-order valence-corrected chi connectivity index (χ3v) is 5.58. The minimum atomic E-state index is -2.46. The Hall–Kier alpha value is -0.883. The van der Waals surface area contributed by atoms with Crippen molar-refractivity contribution in [1.82, 2.24) is 0 Å². The summed E-state index contributed by atoms with van der Waals surface area (Å²) < 4.78 is 17.4. The van der Waals surface area contributed by atoms with Gasteiger partial charge in [-0.25, -0.2) is 0 Å². The van der Waals surface area contributed by atoms with Crippen LogP contribution in [-0.4, -0.2) is 34.7 Å². The number of hydrogen-bond donors (Lipinski definition) is 1. The van der Waals surface area contributed by atoms with Crippen LogP contribution in [-0.2, 0) is 13.3 Å². The minimum Gasteiger partial charge on any atom is -0.385 e. The Morgan fingerprint density at radius 1 is 1.10 bits per heavy atom. The van der Waals surface area contributed by atoms with Gasteiger partial charge in [0.15, 0.2) is 0 Å². The van der Waals surface area contributed by atoms with Crippen LogP contribution in [0, 0.1) is 0 Å². The Labute approximate surface area is 130 Å². The van der Waals surface area contributed by atoms with Crippen LogP contribution in [0.15, 0.2) is 30.3 Å². The quantitative estimate of drug-likeness (QED) is 0.496. The smallest absolute Gasteiger partial charge is 0.385 e. The Bertz CT molecular complexity index is 369. The van der Waals surface area contributed by atoms with Crippen molar-refractivity contribution >= 4 is 14.5 Å². The van der Waals surface area contributed by atoms with Crippen molar-refractivity contribution in [3.05, 3.63) is 30.3 Å². The van der Waals surface area contributed by atoms with Crippen molar-refractivity contribution in [3.63, 3.8) is 0 Å². The van der Waals surface area contributed by atoms with E-state index in [0.717, 1.165) is 25.1 Å². The maximum Gasteiger partial charge on any atom is 0.497 e. The molecular formula is C16H29NO3Si. The van der Waals surface area contributed by atoms with Crippen LogP contribution in [0.2, 0.25) is 6.55 Å². The summed E-state index contributed by atoms with van der Waals surface area (Å²) in [5, 5.41) is 3.41. The lowest BCUT2D eigenvalue weighted by Gasteiger charge is -2.28. The first kappa shape index (κ1) is 18.2. The van der Waals surface area contributed by atoms with Gasteiger partial charge in [-0.15, -0.1) is 0 Å². The van der Waals surface area contributed by atoms with Crippen molar-refractivity contribution in [2.75, 3.05) is 25.1 Å². The van der Waals surface area contributed by atoms with Crippen molar-refractivity contribution < 1.29 is 13.3 Å². The fourth-order valence-electron chi connectivity index (χ4n) is 2.24. The molecule has 0 aliphatic heterocycles. The van der Waals surface area contributed by atoms with E-state index in [1.54, 1.807) is 0 Å². The van der Waals surface area contributed by atoms with E-state index in [0.29, 0.717) is 13.2 Å². The first-order valence-electron chi connectivity index (χ1n) is 7.84. The van der Waals surface area contributed by atoms with Crippen molar-refractivity contribution in [3.8, 4) is 0 Å². The summed E-state index contributed by atoms with van der Waals surface area (Å²) in [5.41, 5.74) is 1.16. The first-order chi connectivity index (χ1) is 10.1. The van der Waals surface area contributed by atoms with Gasteiger partial charge < -0.3 is 18.6 Å². The molecule has 0 spiro atoms. The van der Waals surface area contributed by atoms with Gasteiger partial charge in [-0.3, -0.25) is 0 Å². The Morgan fingerprint density at radius 2 is 1.71 bits per heavy atom. The molecule has 0 fully saturated rings. The van der Waals surface area contributed by atoms with Gasteiger partial charge in [0.05, 0.1) is 0 Å². The fourth-order valence-corrected chi connectivity index (χ4v) is 4.35. The normalized spacial score (nSPS) is 13.1. The highest BCUT2D eigenvalue weighted by Crippen LogP contribution is 2.15. The zero-order chi connectivity index (χ0) is 15.6. The molecule has 5 heteroatoms. The molecule has 0 saturated heterocycles. The summed E-state index contributed by atoms with van der Waals surface area (Å²) in [6.07, 6.45) is 2.19. The van der Waals surface area contributed by atoms with Crippen LogP contribution < -0.4 is 5.32 Å². The zero-order valence-electron chi connectivity index (χ0n) is 13.7. The van der Waals surface area contributed by atoms with Gasteiger partial charge in [0.2, 0.25) is 0 Å². The van der Waals surface area contributed by atoms with Crippen molar-refractivity contribution in [2.24, 2.45) is 0 Å². The monoisotopic (exact) mass is 311 g/mol. The largest absolute Gasteiger partial charge is 0.497 e. The Morgan fingerprint density at radius 3 is 2.29 bits per heavy atom. The van der Waals surface area contributed by atoms with Crippen LogP contribution in [0.3, 0.4) is 0 Å². The molecule has 21 heavy (non-hydrogen) atoms. The molecule has 120 valence electrons. The lowest BCUT2D eigenvalue weighted by Crippen LogP contribution is -2.45. The number of anilines is 1. The molecule has 0 aliphatic rings. The number of nitrogens with one attached hydrogen (secondary N) is 1. The van der Waals surface area contributed by atoms with E-state index in [4.69, 9.17) is 13.3 Å². The standard InChI is InChI=1S/C16H29NO3Si/c1-5-18-21(4,19-6-2)20-15(3)11-10-14-17-16-12-8-7-9-13-16/h7-9,12-13,15,17H,5-6,10-11,14H2,1-4H3. The van der Waals surface area contributed by atoms with E-state index in [9.17, 15) is 0 Å². The Kier molecular flexibility index (Phi) is 8.60. The summed E-state index contributed by atoms with van der Waals surface area (Å²) >= 11 is 0. The highest BCUT2D eigenvalue weighted by atomic mass is 28.4. The second-order valence-corrected chi connectivity index (χ2v) is 7.63. The van der Waals surface area contributed by atoms with Crippen molar-refractivity contribution in [2.45, 2.75) is 46.3 Å². The number of rotatable bonds is 11. The predicted molar refractivity (Wildman–Crippen MR) is 89.6 cm³/mol.